The molecule has 98 valence electrons. The first-order chi connectivity index (χ1) is 8.61. The third-order valence-electron chi connectivity index (χ3n) is 2.01. The molecule has 6 nitrogen and oxygen atoms in total. The Balaban J connectivity index is 2.23. The number of nitrogens with two attached hydrogens (primary N) is 1. The van der Waals surface area contributed by atoms with E-state index >= 15 is 0 Å². The molecule has 1 aromatic carbocycles. The van der Waals surface area contributed by atoms with E-state index in [1.54, 1.807) is 24.3 Å². The van der Waals surface area contributed by atoms with Crippen LogP contribution in [-0.2, 0) is 19.1 Å². The van der Waals surface area contributed by atoms with Gasteiger partial charge in [-0.2, -0.15) is 0 Å². The van der Waals surface area contributed by atoms with Crippen LogP contribution in [0.15, 0.2) is 24.3 Å². The Bertz CT molecular complexity index is 419. The Labute approximate surface area is 105 Å². The summed E-state index contributed by atoms with van der Waals surface area (Å²) >= 11 is 0. The van der Waals surface area contributed by atoms with Crippen molar-refractivity contribution in [3.8, 4) is 5.75 Å². The molecule has 6 heteroatoms. The van der Waals surface area contributed by atoms with Crippen LogP contribution in [0.5, 0.6) is 5.75 Å². The lowest BCUT2D eigenvalue weighted by atomic mass is 10.3. The third kappa shape index (κ3) is 5.20. The van der Waals surface area contributed by atoms with Gasteiger partial charge in [-0.25, -0.2) is 4.79 Å². The maximum Gasteiger partial charge on any atom is 0.344 e. The van der Waals surface area contributed by atoms with Crippen molar-refractivity contribution in [3.63, 3.8) is 0 Å². The molecule has 0 aliphatic rings. The number of carbonyl (C=O) groups excluding carboxylic acids is 2. The molecule has 0 saturated carbocycles. The summed E-state index contributed by atoms with van der Waals surface area (Å²) in [6.45, 7) is -0.254. The normalized spacial score (nSPS) is 9.61. The van der Waals surface area contributed by atoms with Crippen molar-refractivity contribution < 1.29 is 23.8 Å². The highest BCUT2D eigenvalue weighted by Gasteiger charge is 2.06. The van der Waals surface area contributed by atoms with E-state index in [2.05, 4.69) is 4.74 Å². The number of anilines is 1. The number of methoxy groups -OCH3 is 1. The lowest BCUT2D eigenvalue weighted by Crippen LogP contribution is -2.17. The molecule has 0 unspecified atom stereocenters. The lowest BCUT2D eigenvalue weighted by Gasteiger charge is -2.07. The molecule has 18 heavy (non-hydrogen) atoms. The van der Waals surface area contributed by atoms with Crippen LogP contribution < -0.4 is 10.5 Å². The summed E-state index contributed by atoms with van der Waals surface area (Å²) in [6.07, 6.45) is 0.0283. The monoisotopic (exact) mass is 253 g/mol. The SMILES string of the molecule is COC(=O)CCOC(=O)COc1cccc(N)c1. The molecular formula is C12H15NO5. The molecule has 2 N–H and O–H groups in total. The van der Waals surface area contributed by atoms with E-state index in [1.165, 1.54) is 7.11 Å². The van der Waals surface area contributed by atoms with Crippen LogP contribution in [0.2, 0.25) is 0 Å². The second-order valence-corrected chi connectivity index (χ2v) is 3.41. The van der Waals surface area contributed by atoms with Gasteiger partial charge in [0.15, 0.2) is 6.61 Å². The molecule has 0 amide bonds. The highest BCUT2D eigenvalue weighted by Crippen LogP contribution is 2.14. The average molecular weight is 253 g/mol. The standard InChI is InChI=1S/C12H15NO5/c1-16-11(14)5-6-17-12(15)8-18-10-4-2-3-9(13)7-10/h2-4,7H,5-6,8,13H2,1H3. The Morgan fingerprint density at radius 1 is 1.28 bits per heavy atom. The van der Waals surface area contributed by atoms with Crippen molar-refractivity contribution in [2.75, 3.05) is 26.1 Å². The molecule has 1 rings (SSSR count). The van der Waals surface area contributed by atoms with Crippen LogP contribution in [0.25, 0.3) is 0 Å². The van der Waals surface area contributed by atoms with Crippen LogP contribution in [-0.4, -0.2) is 32.3 Å². The maximum atomic E-state index is 11.2. The fourth-order valence-electron chi connectivity index (χ4n) is 1.14. The number of hydrogen-bond donors (Lipinski definition) is 1. The zero-order valence-corrected chi connectivity index (χ0v) is 10.0. The van der Waals surface area contributed by atoms with Crippen molar-refractivity contribution in [1.82, 2.24) is 0 Å². The van der Waals surface area contributed by atoms with Gasteiger partial charge in [-0.1, -0.05) is 6.07 Å². The van der Waals surface area contributed by atoms with Crippen molar-refractivity contribution in [3.05, 3.63) is 24.3 Å². The number of nitrogen functional groups attached to an aromatic ring is 1. The quantitative estimate of drug-likeness (QED) is 0.594. The van der Waals surface area contributed by atoms with E-state index in [1.807, 2.05) is 0 Å². The van der Waals surface area contributed by atoms with Crippen molar-refractivity contribution in [1.29, 1.82) is 0 Å². The summed E-state index contributed by atoms with van der Waals surface area (Å²) in [6, 6.07) is 6.70. The average Bonchev–Trinajstić information content (AvgIpc) is 2.36. The number of hydrogen-bond acceptors (Lipinski definition) is 6. The van der Waals surface area contributed by atoms with Gasteiger partial charge in [0.05, 0.1) is 13.5 Å². The van der Waals surface area contributed by atoms with Gasteiger partial charge in [0.1, 0.15) is 12.4 Å². The highest BCUT2D eigenvalue weighted by atomic mass is 16.6. The second kappa shape index (κ2) is 7.16. The first-order valence-electron chi connectivity index (χ1n) is 5.32. The second-order valence-electron chi connectivity index (χ2n) is 3.41. The molecule has 0 aliphatic carbocycles. The van der Waals surface area contributed by atoms with Crippen molar-refractivity contribution in [2.24, 2.45) is 0 Å². The number of ether oxygens (including phenoxy) is 3. The molecule has 0 radical (unpaired) electrons. The van der Waals surface area contributed by atoms with Crippen molar-refractivity contribution >= 4 is 17.6 Å². The summed E-state index contributed by atoms with van der Waals surface area (Å²) in [5.74, 6) is -0.499. The van der Waals surface area contributed by atoms with Crippen LogP contribution in [0.4, 0.5) is 5.69 Å². The van der Waals surface area contributed by atoms with Gasteiger partial charge in [0.25, 0.3) is 0 Å². The third-order valence-corrected chi connectivity index (χ3v) is 2.01. The Morgan fingerprint density at radius 2 is 2.06 bits per heavy atom. The van der Waals surface area contributed by atoms with Crippen LogP contribution in [0, 0.1) is 0 Å². The number of esters is 2. The molecule has 1 aromatic rings. The number of benzene rings is 1. The predicted octanol–water partition coefficient (Wildman–Crippen LogP) is 0.754. The number of carbonyl (C=O) groups is 2. The van der Waals surface area contributed by atoms with E-state index in [-0.39, 0.29) is 19.6 Å². The molecule has 0 aliphatic heterocycles. The molecule has 0 heterocycles. The maximum absolute atomic E-state index is 11.2. The smallest absolute Gasteiger partial charge is 0.344 e. The lowest BCUT2D eigenvalue weighted by molar-refractivity contribution is -0.149. The minimum Gasteiger partial charge on any atom is -0.482 e. The summed E-state index contributed by atoms with van der Waals surface area (Å²) in [5.41, 5.74) is 6.09. The van der Waals surface area contributed by atoms with Gasteiger partial charge in [0.2, 0.25) is 0 Å². The molecule has 0 atom stereocenters. The minimum absolute atomic E-state index is 0.0220. The summed E-state index contributed by atoms with van der Waals surface area (Å²) in [4.78, 5) is 22.0. The zero-order valence-electron chi connectivity index (χ0n) is 10.0. The van der Waals surface area contributed by atoms with Gasteiger partial charge in [-0.05, 0) is 12.1 Å². The summed E-state index contributed by atoms with van der Waals surface area (Å²) in [5, 5.41) is 0. The Hall–Kier alpha value is -2.24. The highest BCUT2D eigenvalue weighted by molar-refractivity contribution is 5.72. The van der Waals surface area contributed by atoms with Gasteiger partial charge in [-0.15, -0.1) is 0 Å². The van der Waals surface area contributed by atoms with E-state index in [0.29, 0.717) is 11.4 Å². The predicted molar refractivity (Wildman–Crippen MR) is 63.9 cm³/mol. The molecule has 0 spiro atoms. The fourth-order valence-corrected chi connectivity index (χ4v) is 1.14. The number of rotatable bonds is 6. The molecule has 0 aromatic heterocycles. The molecule has 0 bridgehead atoms. The van der Waals surface area contributed by atoms with E-state index in [0.717, 1.165) is 0 Å². The van der Waals surface area contributed by atoms with Gasteiger partial charge in [-0.3, -0.25) is 4.79 Å². The Morgan fingerprint density at radius 3 is 2.72 bits per heavy atom. The van der Waals surface area contributed by atoms with Crippen LogP contribution in [0.3, 0.4) is 0 Å². The van der Waals surface area contributed by atoms with Crippen LogP contribution >= 0.6 is 0 Å². The minimum atomic E-state index is -0.554. The van der Waals surface area contributed by atoms with Gasteiger partial charge in [0, 0.05) is 11.8 Å². The first kappa shape index (κ1) is 13.8. The molecular weight excluding hydrogens is 238 g/mol. The first-order valence-corrected chi connectivity index (χ1v) is 5.32. The fraction of sp³-hybridized carbons (Fsp3) is 0.333. The van der Waals surface area contributed by atoms with Crippen molar-refractivity contribution in [2.45, 2.75) is 6.42 Å². The van der Waals surface area contributed by atoms with Gasteiger partial charge >= 0.3 is 11.9 Å². The topological polar surface area (TPSA) is 87.8 Å². The van der Waals surface area contributed by atoms with E-state index in [4.69, 9.17) is 15.2 Å². The molecule has 0 fully saturated rings. The zero-order chi connectivity index (χ0) is 13.4. The van der Waals surface area contributed by atoms with Crippen LogP contribution in [0.1, 0.15) is 6.42 Å². The summed E-state index contributed by atoms with van der Waals surface area (Å²) < 4.78 is 14.3. The Kier molecular flexibility index (Phi) is 5.50. The van der Waals surface area contributed by atoms with Gasteiger partial charge < -0.3 is 19.9 Å². The molecule has 0 saturated heterocycles. The van der Waals surface area contributed by atoms with E-state index in [9.17, 15) is 9.59 Å². The largest absolute Gasteiger partial charge is 0.482 e. The van der Waals surface area contributed by atoms with E-state index < -0.39 is 11.9 Å². The summed E-state index contributed by atoms with van der Waals surface area (Å²) in [7, 11) is 1.27.